The number of carbonyl (C=O) groups is 3. The zero-order valence-electron chi connectivity index (χ0n) is 15.7. The normalized spacial score (nSPS) is 14.8. The first-order chi connectivity index (χ1) is 13.0. The number of benzene rings is 1. The third-order valence-electron chi connectivity index (χ3n) is 4.33. The van der Waals surface area contributed by atoms with Crippen LogP contribution in [0.5, 0.6) is 5.75 Å². The number of likely N-dealkylation sites (tertiary alicyclic amines) is 1. The lowest BCUT2D eigenvalue weighted by molar-refractivity contribution is -0.153. The van der Waals surface area contributed by atoms with Crippen molar-refractivity contribution < 1.29 is 28.6 Å². The van der Waals surface area contributed by atoms with Gasteiger partial charge in [-0.3, -0.25) is 9.59 Å². The highest BCUT2D eigenvalue weighted by Crippen LogP contribution is 2.19. The van der Waals surface area contributed by atoms with Crippen LogP contribution in [-0.2, 0) is 23.9 Å². The molecule has 1 saturated heterocycles. The molecule has 1 heterocycles. The molecule has 7 nitrogen and oxygen atoms in total. The van der Waals surface area contributed by atoms with Gasteiger partial charge in [0.15, 0.2) is 6.61 Å². The van der Waals surface area contributed by atoms with E-state index in [9.17, 15) is 14.4 Å². The summed E-state index contributed by atoms with van der Waals surface area (Å²) in [6.07, 6.45) is 4.02. The Balaban J connectivity index is 1.72. The highest BCUT2D eigenvalue weighted by atomic mass is 16.5. The number of hydrogen-bond donors (Lipinski definition) is 0. The van der Waals surface area contributed by atoms with Gasteiger partial charge in [-0.15, -0.1) is 0 Å². The van der Waals surface area contributed by atoms with Gasteiger partial charge in [-0.05, 0) is 43.5 Å². The highest BCUT2D eigenvalue weighted by Gasteiger charge is 2.28. The van der Waals surface area contributed by atoms with Gasteiger partial charge in [-0.1, -0.05) is 12.1 Å². The smallest absolute Gasteiger partial charge is 0.331 e. The molecule has 0 radical (unpaired) electrons. The standard InChI is InChI=1S/C20H25NO6/c1-3-26-20(24)16-10-12-21(13-11-16)18(22)14-27-19(23)9-6-15-4-7-17(25-2)8-5-15/h4-9,16H,3,10-14H2,1-2H3/b9-6+. The molecule has 0 atom stereocenters. The Bertz CT molecular complexity index is 674. The molecule has 0 aliphatic carbocycles. The average Bonchev–Trinajstić information content (AvgIpc) is 2.71. The Morgan fingerprint density at radius 1 is 1.11 bits per heavy atom. The van der Waals surface area contributed by atoms with Crippen molar-refractivity contribution in [2.24, 2.45) is 5.92 Å². The second-order valence-electron chi connectivity index (χ2n) is 6.12. The van der Waals surface area contributed by atoms with Gasteiger partial charge in [0, 0.05) is 19.2 Å². The van der Waals surface area contributed by atoms with Gasteiger partial charge >= 0.3 is 11.9 Å². The maximum atomic E-state index is 12.1. The molecule has 2 rings (SSSR count). The van der Waals surface area contributed by atoms with Crippen LogP contribution < -0.4 is 4.74 Å². The third kappa shape index (κ3) is 6.44. The van der Waals surface area contributed by atoms with Gasteiger partial charge in [0.05, 0.1) is 19.6 Å². The first kappa shape index (κ1) is 20.5. The summed E-state index contributed by atoms with van der Waals surface area (Å²) in [5.74, 6) is -0.486. The SMILES string of the molecule is CCOC(=O)C1CCN(C(=O)COC(=O)/C=C/c2ccc(OC)cc2)CC1. The Labute approximate surface area is 158 Å². The summed E-state index contributed by atoms with van der Waals surface area (Å²) in [7, 11) is 1.58. The monoisotopic (exact) mass is 375 g/mol. The van der Waals surface area contributed by atoms with E-state index in [-0.39, 0.29) is 24.4 Å². The number of amides is 1. The van der Waals surface area contributed by atoms with E-state index in [0.29, 0.717) is 32.5 Å². The van der Waals surface area contributed by atoms with Crippen LogP contribution in [0.1, 0.15) is 25.3 Å². The van der Waals surface area contributed by atoms with Crippen LogP contribution in [0.2, 0.25) is 0 Å². The summed E-state index contributed by atoms with van der Waals surface area (Å²) in [5.41, 5.74) is 0.820. The molecule has 146 valence electrons. The van der Waals surface area contributed by atoms with Gasteiger partial charge < -0.3 is 19.1 Å². The molecule has 1 amide bonds. The number of esters is 2. The van der Waals surface area contributed by atoms with Crippen molar-refractivity contribution in [2.45, 2.75) is 19.8 Å². The van der Waals surface area contributed by atoms with Gasteiger partial charge in [0.25, 0.3) is 5.91 Å². The van der Waals surface area contributed by atoms with E-state index in [4.69, 9.17) is 14.2 Å². The number of rotatable bonds is 7. The molecule has 0 unspecified atom stereocenters. The zero-order valence-corrected chi connectivity index (χ0v) is 15.7. The first-order valence-electron chi connectivity index (χ1n) is 8.96. The van der Waals surface area contributed by atoms with E-state index in [2.05, 4.69) is 0 Å². The number of nitrogens with zero attached hydrogens (tertiary/aromatic N) is 1. The van der Waals surface area contributed by atoms with E-state index < -0.39 is 5.97 Å². The van der Waals surface area contributed by atoms with E-state index in [1.165, 1.54) is 6.08 Å². The minimum atomic E-state index is -0.583. The summed E-state index contributed by atoms with van der Waals surface area (Å²) in [4.78, 5) is 37.2. The molecular formula is C20H25NO6. The minimum absolute atomic E-state index is 0.163. The van der Waals surface area contributed by atoms with E-state index in [1.54, 1.807) is 37.1 Å². The fourth-order valence-electron chi connectivity index (χ4n) is 2.78. The maximum Gasteiger partial charge on any atom is 0.331 e. The number of piperidine rings is 1. The van der Waals surface area contributed by atoms with Crippen LogP contribution in [0.3, 0.4) is 0 Å². The van der Waals surface area contributed by atoms with E-state index in [0.717, 1.165) is 11.3 Å². The highest BCUT2D eigenvalue weighted by molar-refractivity contribution is 5.89. The van der Waals surface area contributed by atoms with Crippen molar-refractivity contribution in [2.75, 3.05) is 33.4 Å². The van der Waals surface area contributed by atoms with E-state index >= 15 is 0 Å². The third-order valence-corrected chi connectivity index (χ3v) is 4.33. The predicted molar refractivity (Wildman–Crippen MR) is 98.9 cm³/mol. The Kier molecular flexibility index (Phi) is 7.85. The molecule has 1 fully saturated rings. The van der Waals surface area contributed by atoms with Crippen molar-refractivity contribution in [1.82, 2.24) is 4.90 Å². The fraction of sp³-hybridized carbons (Fsp3) is 0.450. The second kappa shape index (κ2) is 10.4. The quantitative estimate of drug-likeness (QED) is 0.536. The summed E-state index contributed by atoms with van der Waals surface area (Å²) in [5, 5.41) is 0. The molecule has 1 aromatic carbocycles. The molecule has 0 aromatic heterocycles. The fourth-order valence-corrected chi connectivity index (χ4v) is 2.78. The van der Waals surface area contributed by atoms with Crippen molar-refractivity contribution in [3.63, 3.8) is 0 Å². The molecule has 1 aliphatic rings. The Morgan fingerprint density at radius 2 is 1.78 bits per heavy atom. The molecule has 0 bridgehead atoms. The molecule has 0 N–H and O–H groups in total. The Morgan fingerprint density at radius 3 is 2.37 bits per heavy atom. The molecule has 1 aliphatic heterocycles. The average molecular weight is 375 g/mol. The Hall–Kier alpha value is -2.83. The van der Waals surface area contributed by atoms with Gasteiger partial charge in [-0.25, -0.2) is 4.79 Å². The van der Waals surface area contributed by atoms with Crippen LogP contribution in [0.25, 0.3) is 6.08 Å². The van der Waals surface area contributed by atoms with Crippen LogP contribution in [0.4, 0.5) is 0 Å². The molecule has 7 heteroatoms. The lowest BCUT2D eigenvalue weighted by Gasteiger charge is -2.30. The van der Waals surface area contributed by atoms with Crippen molar-refractivity contribution in [3.05, 3.63) is 35.9 Å². The number of ether oxygens (including phenoxy) is 3. The van der Waals surface area contributed by atoms with E-state index in [1.807, 2.05) is 12.1 Å². The van der Waals surface area contributed by atoms with Crippen LogP contribution in [-0.4, -0.2) is 56.2 Å². The summed E-state index contributed by atoms with van der Waals surface area (Å²) < 4.78 is 15.1. The summed E-state index contributed by atoms with van der Waals surface area (Å²) in [6, 6.07) is 7.19. The van der Waals surface area contributed by atoms with Crippen molar-refractivity contribution in [3.8, 4) is 5.75 Å². The maximum absolute atomic E-state index is 12.1. The first-order valence-corrected chi connectivity index (χ1v) is 8.96. The molecule has 0 saturated carbocycles. The second-order valence-corrected chi connectivity index (χ2v) is 6.12. The van der Waals surface area contributed by atoms with Gasteiger partial charge in [0.1, 0.15) is 5.75 Å². The van der Waals surface area contributed by atoms with Crippen molar-refractivity contribution >= 4 is 23.9 Å². The molecule has 1 aromatic rings. The lowest BCUT2D eigenvalue weighted by atomic mass is 9.97. The summed E-state index contributed by atoms with van der Waals surface area (Å²) >= 11 is 0. The minimum Gasteiger partial charge on any atom is -0.497 e. The summed E-state index contributed by atoms with van der Waals surface area (Å²) in [6.45, 7) is 2.74. The predicted octanol–water partition coefficient (Wildman–Crippen LogP) is 2.05. The van der Waals surface area contributed by atoms with Crippen LogP contribution in [0.15, 0.2) is 30.3 Å². The number of carbonyl (C=O) groups excluding carboxylic acids is 3. The zero-order chi connectivity index (χ0) is 19.6. The number of hydrogen-bond acceptors (Lipinski definition) is 6. The molecule has 0 spiro atoms. The lowest BCUT2D eigenvalue weighted by Crippen LogP contribution is -2.42. The largest absolute Gasteiger partial charge is 0.497 e. The van der Waals surface area contributed by atoms with Gasteiger partial charge in [0.2, 0.25) is 0 Å². The van der Waals surface area contributed by atoms with Crippen molar-refractivity contribution in [1.29, 1.82) is 0 Å². The molecule has 27 heavy (non-hydrogen) atoms. The van der Waals surface area contributed by atoms with Crippen LogP contribution in [0, 0.1) is 5.92 Å². The molecular weight excluding hydrogens is 350 g/mol. The number of methoxy groups -OCH3 is 1. The topological polar surface area (TPSA) is 82.1 Å². The van der Waals surface area contributed by atoms with Crippen LogP contribution >= 0.6 is 0 Å². The van der Waals surface area contributed by atoms with Gasteiger partial charge in [-0.2, -0.15) is 0 Å².